The Kier molecular flexibility index (Phi) is 5.09. The third-order valence-electron chi connectivity index (χ3n) is 5.11. The number of rotatable bonds is 4. The maximum Gasteiger partial charge on any atom is 0.228 e. The van der Waals surface area contributed by atoms with E-state index in [9.17, 15) is 4.79 Å². The summed E-state index contributed by atoms with van der Waals surface area (Å²) in [6.45, 7) is 8.93. The van der Waals surface area contributed by atoms with Crippen LogP contribution in [0.4, 0.5) is 5.69 Å². The molecule has 22 heavy (non-hydrogen) atoms. The van der Waals surface area contributed by atoms with Crippen molar-refractivity contribution in [1.29, 1.82) is 0 Å². The zero-order valence-corrected chi connectivity index (χ0v) is 14.3. The van der Waals surface area contributed by atoms with Crippen molar-refractivity contribution in [3.63, 3.8) is 0 Å². The summed E-state index contributed by atoms with van der Waals surface area (Å²) in [4.78, 5) is 16.9. The number of nitrogens with one attached hydrogen (secondary N) is 1. The zero-order valence-electron chi connectivity index (χ0n) is 14.3. The van der Waals surface area contributed by atoms with Crippen molar-refractivity contribution in [1.82, 2.24) is 4.98 Å². The third-order valence-corrected chi connectivity index (χ3v) is 5.11. The SMILES string of the molecule is COc1ccc(NC(=O)[C@H]2C[C@H](C(C)C)CCC2(C)C)cn1. The molecule has 1 fully saturated rings. The van der Waals surface area contributed by atoms with Gasteiger partial charge in [-0.3, -0.25) is 4.79 Å². The van der Waals surface area contributed by atoms with E-state index in [-0.39, 0.29) is 17.2 Å². The van der Waals surface area contributed by atoms with Crippen LogP contribution in [0.1, 0.15) is 47.0 Å². The molecule has 122 valence electrons. The Morgan fingerprint density at radius 3 is 2.68 bits per heavy atom. The summed E-state index contributed by atoms with van der Waals surface area (Å²) in [5.74, 6) is 1.99. The number of hydrogen-bond donors (Lipinski definition) is 1. The molecule has 0 spiro atoms. The topological polar surface area (TPSA) is 51.2 Å². The lowest BCUT2D eigenvalue weighted by Crippen LogP contribution is -2.41. The van der Waals surface area contributed by atoms with Crippen LogP contribution in [-0.4, -0.2) is 18.0 Å². The lowest BCUT2D eigenvalue weighted by atomic mass is 9.63. The molecule has 1 aromatic heterocycles. The number of amides is 1. The monoisotopic (exact) mass is 304 g/mol. The predicted octanol–water partition coefficient (Wildman–Crippen LogP) is 4.13. The molecule has 0 aromatic carbocycles. The molecule has 0 bridgehead atoms. The van der Waals surface area contributed by atoms with Gasteiger partial charge in [0.25, 0.3) is 0 Å². The van der Waals surface area contributed by atoms with Gasteiger partial charge in [-0.15, -0.1) is 0 Å². The molecule has 4 nitrogen and oxygen atoms in total. The molecular weight excluding hydrogens is 276 g/mol. The fourth-order valence-corrected chi connectivity index (χ4v) is 3.34. The molecule has 4 heteroatoms. The van der Waals surface area contributed by atoms with Gasteiger partial charge in [0.1, 0.15) is 0 Å². The van der Waals surface area contributed by atoms with Crippen LogP contribution >= 0.6 is 0 Å². The average molecular weight is 304 g/mol. The predicted molar refractivity (Wildman–Crippen MR) is 88.9 cm³/mol. The second-order valence-corrected chi connectivity index (χ2v) is 7.40. The van der Waals surface area contributed by atoms with Crippen LogP contribution in [-0.2, 0) is 4.79 Å². The molecular formula is C18H28N2O2. The Morgan fingerprint density at radius 2 is 2.14 bits per heavy atom. The van der Waals surface area contributed by atoms with Gasteiger partial charge >= 0.3 is 0 Å². The van der Waals surface area contributed by atoms with Crippen LogP contribution < -0.4 is 10.1 Å². The maximum absolute atomic E-state index is 12.7. The smallest absolute Gasteiger partial charge is 0.228 e. The number of carbonyl (C=O) groups is 1. The first-order valence-electron chi connectivity index (χ1n) is 8.14. The molecule has 1 saturated carbocycles. The number of hydrogen-bond acceptors (Lipinski definition) is 3. The highest BCUT2D eigenvalue weighted by Crippen LogP contribution is 2.45. The third kappa shape index (κ3) is 3.79. The summed E-state index contributed by atoms with van der Waals surface area (Å²) < 4.78 is 5.04. The van der Waals surface area contributed by atoms with E-state index in [0.717, 1.165) is 18.5 Å². The van der Waals surface area contributed by atoms with Crippen LogP contribution in [0.25, 0.3) is 0 Å². The number of carbonyl (C=O) groups excluding carboxylic acids is 1. The van der Waals surface area contributed by atoms with Crippen LogP contribution in [0.15, 0.2) is 18.3 Å². The van der Waals surface area contributed by atoms with E-state index in [1.54, 1.807) is 19.4 Å². The molecule has 2 rings (SSSR count). The summed E-state index contributed by atoms with van der Waals surface area (Å²) in [6, 6.07) is 3.60. The Hall–Kier alpha value is -1.58. The van der Waals surface area contributed by atoms with Gasteiger partial charge in [-0.25, -0.2) is 4.98 Å². The molecule has 0 aliphatic heterocycles. The highest BCUT2D eigenvalue weighted by molar-refractivity contribution is 5.93. The zero-order chi connectivity index (χ0) is 16.3. The van der Waals surface area contributed by atoms with Gasteiger partial charge in [0.15, 0.2) is 0 Å². The van der Waals surface area contributed by atoms with E-state index in [0.29, 0.717) is 17.7 Å². The Labute approximate surface area is 133 Å². The van der Waals surface area contributed by atoms with Crippen molar-refractivity contribution in [2.75, 3.05) is 12.4 Å². The van der Waals surface area contributed by atoms with Crippen molar-refractivity contribution >= 4 is 11.6 Å². The molecule has 2 atom stereocenters. The van der Waals surface area contributed by atoms with Crippen molar-refractivity contribution in [3.05, 3.63) is 18.3 Å². The number of ether oxygens (including phenoxy) is 1. The lowest BCUT2D eigenvalue weighted by molar-refractivity contribution is -0.126. The number of nitrogens with zero attached hydrogens (tertiary/aromatic N) is 1. The van der Waals surface area contributed by atoms with Crippen LogP contribution in [0.2, 0.25) is 0 Å². The van der Waals surface area contributed by atoms with Gasteiger partial charge in [0, 0.05) is 12.0 Å². The first-order valence-corrected chi connectivity index (χ1v) is 8.14. The summed E-state index contributed by atoms with van der Waals surface area (Å²) in [7, 11) is 1.58. The van der Waals surface area contributed by atoms with Gasteiger partial charge in [-0.1, -0.05) is 27.7 Å². The molecule has 0 unspecified atom stereocenters. The molecule has 1 amide bonds. The second-order valence-electron chi connectivity index (χ2n) is 7.40. The number of pyridine rings is 1. The molecule has 0 radical (unpaired) electrons. The normalized spacial score (nSPS) is 24.1. The minimum atomic E-state index is 0.0510. The van der Waals surface area contributed by atoms with Crippen LogP contribution in [0.3, 0.4) is 0 Å². The number of methoxy groups -OCH3 is 1. The van der Waals surface area contributed by atoms with Gasteiger partial charge in [0.2, 0.25) is 11.8 Å². The number of aromatic nitrogens is 1. The number of anilines is 1. The van der Waals surface area contributed by atoms with E-state index in [1.807, 2.05) is 6.07 Å². The first kappa shape index (κ1) is 16.8. The summed E-state index contributed by atoms with van der Waals surface area (Å²) in [6.07, 6.45) is 4.94. The van der Waals surface area contributed by atoms with Gasteiger partial charge in [-0.2, -0.15) is 0 Å². The average Bonchev–Trinajstić information content (AvgIpc) is 2.47. The maximum atomic E-state index is 12.7. The van der Waals surface area contributed by atoms with Gasteiger partial charge in [-0.05, 0) is 42.6 Å². The minimum Gasteiger partial charge on any atom is -0.481 e. The van der Waals surface area contributed by atoms with Gasteiger partial charge in [0.05, 0.1) is 19.0 Å². The van der Waals surface area contributed by atoms with Crippen LogP contribution in [0.5, 0.6) is 5.88 Å². The summed E-state index contributed by atoms with van der Waals surface area (Å²) in [5.41, 5.74) is 0.781. The minimum absolute atomic E-state index is 0.0510. The summed E-state index contributed by atoms with van der Waals surface area (Å²) in [5, 5.41) is 3.02. The fraction of sp³-hybridized carbons (Fsp3) is 0.667. The standard InChI is InChI=1S/C18H28N2O2/c1-12(2)13-8-9-18(3,4)15(10-13)17(21)20-14-6-7-16(22-5)19-11-14/h6-7,11-13,15H,8-10H2,1-5H3,(H,20,21)/t13-,15-/m1/s1. The molecule has 1 aromatic rings. The molecule has 0 saturated heterocycles. The first-order chi connectivity index (χ1) is 10.3. The highest BCUT2D eigenvalue weighted by Gasteiger charge is 2.41. The van der Waals surface area contributed by atoms with Crippen molar-refractivity contribution in [2.24, 2.45) is 23.2 Å². The highest BCUT2D eigenvalue weighted by atomic mass is 16.5. The van der Waals surface area contributed by atoms with E-state index >= 15 is 0 Å². The summed E-state index contributed by atoms with van der Waals surface area (Å²) >= 11 is 0. The quantitative estimate of drug-likeness (QED) is 0.910. The largest absolute Gasteiger partial charge is 0.481 e. The van der Waals surface area contributed by atoms with E-state index in [2.05, 4.69) is 38.0 Å². The van der Waals surface area contributed by atoms with Crippen LogP contribution in [0, 0.1) is 23.2 Å². The Balaban J connectivity index is 2.07. The second kappa shape index (κ2) is 6.67. The molecule has 1 N–H and O–H groups in total. The molecule has 1 aliphatic rings. The fourth-order valence-electron chi connectivity index (χ4n) is 3.34. The van der Waals surface area contributed by atoms with Crippen molar-refractivity contribution in [3.8, 4) is 5.88 Å². The Morgan fingerprint density at radius 1 is 1.41 bits per heavy atom. The lowest BCUT2D eigenvalue weighted by Gasteiger charge is -2.42. The van der Waals surface area contributed by atoms with E-state index in [1.165, 1.54) is 6.42 Å². The van der Waals surface area contributed by atoms with Crippen molar-refractivity contribution in [2.45, 2.75) is 47.0 Å². The molecule has 1 heterocycles. The molecule has 1 aliphatic carbocycles. The van der Waals surface area contributed by atoms with Gasteiger partial charge < -0.3 is 10.1 Å². The van der Waals surface area contributed by atoms with Crippen molar-refractivity contribution < 1.29 is 9.53 Å². The Bertz CT molecular complexity index is 508. The van der Waals surface area contributed by atoms with E-state index < -0.39 is 0 Å². The van der Waals surface area contributed by atoms with E-state index in [4.69, 9.17) is 4.74 Å².